The van der Waals surface area contributed by atoms with E-state index in [9.17, 15) is 27.6 Å². The van der Waals surface area contributed by atoms with Gasteiger partial charge in [-0.2, -0.15) is 0 Å². The first-order chi connectivity index (χ1) is 26.1. The Morgan fingerprint density at radius 3 is 1.23 bits per heavy atom. The number of hydrogen-bond acceptors (Lipinski definition) is 10. The highest BCUT2D eigenvalue weighted by Gasteiger charge is 2.41. The fraction of sp³-hybridized carbons (Fsp3) is 0.636. The molecule has 4 atom stereocenters. The number of sulfone groups is 1. The Labute approximate surface area is 339 Å². The average molecular weight is 813 g/mol. The van der Waals surface area contributed by atoms with Crippen LogP contribution in [0, 0.1) is 23.7 Å². The molecule has 316 valence electrons. The first-order valence-electron chi connectivity index (χ1n) is 19.9. The van der Waals surface area contributed by atoms with Crippen LogP contribution in [0.2, 0.25) is 0 Å². The number of carbonyl (C=O) groups excluding carboxylic acids is 4. The standard InChI is InChI=1S/C44H64N2O10S/c1-41(2,3)53-37(47)35(31-19-21-45(27-31)39(49)55-43(7,8)9)25-29-15-13-17-33(23-29)57(51,52)34-18-14-16-30(24-34)26-36(38(48)54-42(4,5)6)32-20-22-46(28-32)40(50)56-44(10,11)12/h13-18,23-24,31-32,35-36H,19-22,25-28H2,1-12H3/t31-,32-,35-,36-/m0/s1. The lowest BCUT2D eigenvalue weighted by molar-refractivity contribution is -0.163. The van der Waals surface area contributed by atoms with Crippen molar-refractivity contribution in [1.82, 2.24) is 9.80 Å². The molecule has 0 spiro atoms. The van der Waals surface area contributed by atoms with Crippen molar-refractivity contribution in [1.29, 1.82) is 0 Å². The lowest BCUT2D eigenvalue weighted by Crippen LogP contribution is -2.38. The summed E-state index contributed by atoms with van der Waals surface area (Å²) >= 11 is 0. The van der Waals surface area contributed by atoms with Crippen LogP contribution in [0.1, 0.15) is 107 Å². The molecule has 4 rings (SSSR count). The van der Waals surface area contributed by atoms with Crippen molar-refractivity contribution in [3.05, 3.63) is 59.7 Å². The number of ether oxygens (including phenoxy) is 4. The molecule has 0 saturated carbocycles. The van der Waals surface area contributed by atoms with E-state index >= 15 is 0 Å². The predicted octanol–water partition coefficient (Wildman–Crippen LogP) is 8.03. The maximum absolute atomic E-state index is 14.2. The average Bonchev–Trinajstić information content (AvgIpc) is 3.74. The summed E-state index contributed by atoms with van der Waals surface area (Å²) in [5.74, 6) is -2.53. The minimum Gasteiger partial charge on any atom is -0.460 e. The Bertz CT molecular complexity index is 1750. The van der Waals surface area contributed by atoms with Crippen molar-refractivity contribution in [3.63, 3.8) is 0 Å². The summed E-state index contributed by atoms with van der Waals surface area (Å²) in [4.78, 5) is 56.4. The quantitative estimate of drug-likeness (QED) is 0.171. The highest BCUT2D eigenvalue weighted by Crippen LogP contribution is 2.34. The molecule has 2 amide bonds. The van der Waals surface area contributed by atoms with Crippen molar-refractivity contribution in [2.24, 2.45) is 23.7 Å². The molecule has 2 aromatic carbocycles. The van der Waals surface area contributed by atoms with Gasteiger partial charge in [-0.25, -0.2) is 18.0 Å². The molecule has 0 N–H and O–H groups in total. The van der Waals surface area contributed by atoms with Gasteiger partial charge in [0, 0.05) is 26.2 Å². The van der Waals surface area contributed by atoms with Gasteiger partial charge in [-0.1, -0.05) is 24.3 Å². The van der Waals surface area contributed by atoms with E-state index in [2.05, 4.69) is 0 Å². The zero-order chi connectivity index (χ0) is 42.7. The zero-order valence-electron chi connectivity index (χ0n) is 36.0. The molecule has 2 heterocycles. The lowest BCUT2D eigenvalue weighted by atomic mass is 9.86. The Hall–Kier alpha value is -4.13. The first kappa shape index (κ1) is 45.6. The molecule has 57 heavy (non-hydrogen) atoms. The normalized spacial score (nSPS) is 19.2. The van der Waals surface area contributed by atoms with E-state index in [1.165, 1.54) is 12.1 Å². The number of rotatable bonds is 10. The molecule has 2 aliphatic rings. The van der Waals surface area contributed by atoms with Crippen molar-refractivity contribution in [2.45, 2.75) is 141 Å². The summed E-state index contributed by atoms with van der Waals surface area (Å²) < 4.78 is 51.3. The second-order valence-electron chi connectivity index (χ2n) is 19.4. The van der Waals surface area contributed by atoms with E-state index in [0.29, 0.717) is 50.1 Å². The van der Waals surface area contributed by atoms with Gasteiger partial charge in [0.05, 0.1) is 21.6 Å². The molecular formula is C44H64N2O10S. The fourth-order valence-corrected chi connectivity index (χ4v) is 8.58. The molecule has 0 bridgehead atoms. The molecule has 0 unspecified atom stereocenters. The monoisotopic (exact) mass is 812 g/mol. The largest absolute Gasteiger partial charge is 0.460 e. The van der Waals surface area contributed by atoms with E-state index in [1.807, 2.05) is 0 Å². The van der Waals surface area contributed by atoms with Gasteiger partial charge >= 0.3 is 24.1 Å². The van der Waals surface area contributed by atoms with Crippen LogP contribution < -0.4 is 0 Å². The number of hydrogen-bond donors (Lipinski definition) is 0. The molecule has 13 heteroatoms. The third-order valence-corrected chi connectivity index (χ3v) is 11.4. The summed E-state index contributed by atoms with van der Waals surface area (Å²) in [7, 11) is -4.04. The summed E-state index contributed by atoms with van der Waals surface area (Å²) in [5, 5.41) is 0. The second-order valence-corrected chi connectivity index (χ2v) is 21.4. The predicted molar refractivity (Wildman–Crippen MR) is 216 cm³/mol. The van der Waals surface area contributed by atoms with Crippen molar-refractivity contribution in [2.75, 3.05) is 26.2 Å². The van der Waals surface area contributed by atoms with Crippen LogP contribution in [-0.2, 0) is 51.2 Å². The summed E-state index contributed by atoms with van der Waals surface area (Å²) in [6, 6.07) is 13.1. The number of benzene rings is 2. The molecule has 0 aliphatic carbocycles. The van der Waals surface area contributed by atoms with E-state index in [0.717, 1.165) is 0 Å². The third kappa shape index (κ3) is 13.5. The van der Waals surface area contributed by atoms with E-state index in [1.54, 1.807) is 129 Å². The van der Waals surface area contributed by atoms with Crippen LogP contribution in [0.4, 0.5) is 9.59 Å². The minimum absolute atomic E-state index is 0.0642. The number of nitrogens with zero attached hydrogens (tertiary/aromatic N) is 2. The van der Waals surface area contributed by atoms with Gasteiger partial charge in [-0.3, -0.25) is 9.59 Å². The van der Waals surface area contributed by atoms with Gasteiger partial charge in [-0.05, 0) is 156 Å². The van der Waals surface area contributed by atoms with Crippen LogP contribution in [0.25, 0.3) is 0 Å². The van der Waals surface area contributed by atoms with Crippen LogP contribution in [0.3, 0.4) is 0 Å². The van der Waals surface area contributed by atoms with Crippen LogP contribution >= 0.6 is 0 Å². The van der Waals surface area contributed by atoms with Gasteiger partial charge in [-0.15, -0.1) is 0 Å². The molecular weight excluding hydrogens is 749 g/mol. The number of amides is 2. The molecule has 0 radical (unpaired) electrons. The summed E-state index contributed by atoms with van der Waals surface area (Å²) in [6.07, 6.45) is 0.684. The first-order valence-corrected chi connectivity index (χ1v) is 21.4. The Morgan fingerprint density at radius 2 is 0.912 bits per heavy atom. The fourth-order valence-electron chi connectivity index (χ4n) is 7.18. The molecule has 2 aromatic rings. The lowest BCUT2D eigenvalue weighted by Gasteiger charge is -2.28. The summed E-state index contributed by atoms with van der Waals surface area (Å²) in [5.41, 5.74) is -1.53. The smallest absolute Gasteiger partial charge is 0.410 e. The minimum atomic E-state index is -4.04. The molecule has 2 saturated heterocycles. The Balaban J connectivity index is 1.58. The van der Waals surface area contributed by atoms with Crippen molar-refractivity contribution >= 4 is 34.0 Å². The van der Waals surface area contributed by atoms with Crippen LogP contribution in [0.5, 0.6) is 0 Å². The van der Waals surface area contributed by atoms with Crippen molar-refractivity contribution in [3.8, 4) is 0 Å². The summed E-state index contributed by atoms with van der Waals surface area (Å²) in [6.45, 7) is 23.1. The number of carbonyl (C=O) groups is 4. The Kier molecular flexibility index (Phi) is 13.9. The Morgan fingerprint density at radius 1 is 0.579 bits per heavy atom. The molecule has 2 aliphatic heterocycles. The van der Waals surface area contributed by atoms with E-state index in [4.69, 9.17) is 18.9 Å². The van der Waals surface area contributed by atoms with Gasteiger partial charge in [0.2, 0.25) is 9.84 Å². The maximum atomic E-state index is 14.2. The second kappa shape index (κ2) is 17.4. The molecule has 0 aromatic heterocycles. The highest BCUT2D eigenvalue weighted by atomic mass is 32.2. The number of likely N-dealkylation sites (tertiary alicyclic amines) is 2. The third-order valence-electron chi connectivity index (χ3n) is 9.64. The van der Waals surface area contributed by atoms with Crippen molar-refractivity contribution < 1.29 is 46.5 Å². The topological polar surface area (TPSA) is 146 Å². The maximum Gasteiger partial charge on any atom is 0.410 e. The SMILES string of the molecule is CC(C)(C)OC(=O)[C@@H](Cc1cccc(S(=O)(=O)c2cccc(C[C@H](C(=O)OC(C)(C)C)[C@H]3CCN(C(=O)OC(C)(C)C)C3)c2)c1)[C@H]1CCN(C(=O)OC(C)(C)C)C1. The van der Waals surface area contributed by atoms with Gasteiger partial charge in [0.25, 0.3) is 0 Å². The van der Waals surface area contributed by atoms with Crippen LogP contribution in [0.15, 0.2) is 58.3 Å². The van der Waals surface area contributed by atoms with Gasteiger partial charge in [0.15, 0.2) is 0 Å². The highest BCUT2D eigenvalue weighted by molar-refractivity contribution is 7.91. The van der Waals surface area contributed by atoms with E-state index < -0.39 is 68.2 Å². The zero-order valence-corrected chi connectivity index (χ0v) is 36.8. The molecule has 2 fully saturated rings. The van der Waals surface area contributed by atoms with Gasteiger partial charge in [0.1, 0.15) is 22.4 Å². The van der Waals surface area contributed by atoms with Gasteiger partial charge < -0.3 is 28.7 Å². The van der Waals surface area contributed by atoms with Crippen LogP contribution in [-0.4, -0.2) is 90.9 Å². The molecule has 12 nitrogen and oxygen atoms in total. The van der Waals surface area contributed by atoms with E-state index in [-0.39, 0.29) is 34.5 Å². The number of esters is 2.